The molecule has 3 aliphatic rings. The lowest BCUT2D eigenvalue weighted by Crippen LogP contribution is -2.58. The van der Waals surface area contributed by atoms with Gasteiger partial charge in [0.1, 0.15) is 39.9 Å². The molecular formula is C48H64N8O8S2. The Morgan fingerprint density at radius 2 is 1.77 bits per heavy atom. The molecule has 4 aromatic rings. The van der Waals surface area contributed by atoms with Gasteiger partial charge >= 0.3 is 16.3 Å². The van der Waals surface area contributed by atoms with Crippen LogP contribution in [0.1, 0.15) is 122 Å². The molecule has 0 unspecified atom stereocenters. The molecule has 4 heterocycles. The fraction of sp³-hybridized carbons (Fsp3) is 0.542. The zero-order chi connectivity index (χ0) is 47.7. The van der Waals surface area contributed by atoms with Crippen molar-refractivity contribution >= 4 is 56.4 Å². The van der Waals surface area contributed by atoms with E-state index in [4.69, 9.17) is 19.4 Å². The highest BCUT2D eigenvalue weighted by Crippen LogP contribution is 2.46. The van der Waals surface area contributed by atoms with Gasteiger partial charge in [-0.1, -0.05) is 69.2 Å². The molecule has 2 fully saturated rings. The van der Waals surface area contributed by atoms with Gasteiger partial charge in [0.25, 0.3) is 11.9 Å². The lowest BCUT2D eigenvalue weighted by atomic mass is 10.0. The van der Waals surface area contributed by atoms with Crippen molar-refractivity contribution in [2.75, 3.05) is 20.6 Å². The summed E-state index contributed by atoms with van der Waals surface area (Å²) in [7, 11) is -1.59. The van der Waals surface area contributed by atoms with Gasteiger partial charge in [-0.15, -0.1) is 11.3 Å². The van der Waals surface area contributed by atoms with E-state index in [0.717, 1.165) is 38.9 Å². The summed E-state index contributed by atoms with van der Waals surface area (Å²) >= 11 is 1.55. The number of para-hydroxylation sites is 1. The molecule has 7 rings (SSSR count). The van der Waals surface area contributed by atoms with E-state index in [9.17, 15) is 27.6 Å². The molecule has 356 valence electrons. The van der Waals surface area contributed by atoms with E-state index in [2.05, 4.69) is 58.8 Å². The molecular weight excluding hydrogens is 881 g/mol. The second kappa shape index (κ2) is 19.5. The minimum absolute atomic E-state index is 0.0209. The highest BCUT2D eigenvalue weighted by Gasteiger charge is 2.62. The van der Waals surface area contributed by atoms with Crippen LogP contribution in [-0.4, -0.2) is 106 Å². The second-order valence-corrected chi connectivity index (χ2v) is 22.2. The van der Waals surface area contributed by atoms with Crippen molar-refractivity contribution in [1.82, 2.24) is 39.1 Å². The largest absolute Gasteiger partial charge is 0.459 e. The average Bonchev–Trinajstić information content (AvgIpc) is 3.55. The van der Waals surface area contributed by atoms with Crippen LogP contribution < -0.4 is 20.1 Å². The summed E-state index contributed by atoms with van der Waals surface area (Å²) in [5.41, 5.74) is 3.39. The van der Waals surface area contributed by atoms with Crippen molar-refractivity contribution in [3.8, 4) is 16.6 Å². The molecule has 1 saturated heterocycles. The third-order valence-electron chi connectivity index (χ3n) is 12.3. The quantitative estimate of drug-likeness (QED) is 0.132. The van der Waals surface area contributed by atoms with Crippen LogP contribution in [0.3, 0.4) is 0 Å². The number of thiazole rings is 1. The lowest BCUT2D eigenvalue weighted by molar-refractivity contribution is -0.141. The van der Waals surface area contributed by atoms with Gasteiger partial charge in [0.15, 0.2) is 0 Å². The normalized spacial score (nSPS) is 23.5. The smallest absolute Gasteiger partial charge is 0.408 e. The zero-order valence-corrected chi connectivity index (χ0v) is 41.1. The van der Waals surface area contributed by atoms with Gasteiger partial charge in [0.2, 0.25) is 11.8 Å². The van der Waals surface area contributed by atoms with Crippen molar-refractivity contribution in [1.29, 1.82) is 0 Å². The monoisotopic (exact) mass is 944 g/mol. The summed E-state index contributed by atoms with van der Waals surface area (Å²) in [6, 6.07) is 12.6. The maximum absolute atomic E-state index is 14.8. The van der Waals surface area contributed by atoms with Crippen LogP contribution in [0, 0.1) is 5.92 Å². The predicted octanol–water partition coefficient (Wildman–Crippen LogP) is 7.01. The molecule has 2 aliphatic heterocycles. The van der Waals surface area contributed by atoms with Crippen LogP contribution in [0.25, 0.3) is 21.6 Å². The fourth-order valence-electron chi connectivity index (χ4n) is 8.66. The van der Waals surface area contributed by atoms with Crippen LogP contribution >= 0.6 is 11.3 Å². The number of nitrogens with one attached hydrogen (secondary N) is 3. The maximum atomic E-state index is 14.8. The number of benzene rings is 2. The van der Waals surface area contributed by atoms with Crippen LogP contribution in [0.4, 0.5) is 4.79 Å². The number of fused-ring (bicyclic) bond motifs is 3. The van der Waals surface area contributed by atoms with Gasteiger partial charge in [-0.25, -0.2) is 14.5 Å². The third-order valence-corrected chi connectivity index (χ3v) is 14.7. The molecule has 16 nitrogen and oxygen atoms in total. The number of imidazole rings is 1. The molecule has 0 spiro atoms. The predicted molar refractivity (Wildman–Crippen MR) is 254 cm³/mol. The molecule has 4 amide bonds. The van der Waals surface area contributed by atoms with Crippen LogP contribution in [0.15, 0.2) is 60.0 Å². The van der Waals surface area contributed by atoms with E-state index in [1.165, 1.54) is 30.1 Å². The fourth-order valence-corrected chi connectivity index (χ4v) is 10.1. The maximum Gasteiger partial charge on any atom is 0.408 e. The molecule has 0 bridgehead atoms. The minimum atomic E-state index is -4.19. The Balaban J connectivity index is 1.20. The summed E-state index contributed by atoms with van der Waals surface area (Å²) in [5.74, 6) is -2.05. The number of alkyl carbamates (subject to hydrolysis) is 1. The van der Waals surface area contributed by atoms with Gasteiger partial charge in [0.05, 0.1) is 17.8 Å². The number of aromatic nitrogens is 3. The number of carbonyl (C=O) groups excluding carboxylic acids is 4. The first-order valence-electron chi connectivity index (χ1n) is 22.9. The van der Waals surface area contributed by atoms with Gasteiger partial charge in [0, 0.05) is 49.8 Å². The number of ether oxygens (including phenoxy) is 2. The average molecular weight is 945 g/mol. The Morgan fingerprint density at radius 1 is 1.03 bits per heavy atom. The topological polar surface area (TPSA) is 194 Å². The summed E-state index contributed by atoms with van der Waals surface area (Å²) in [6.07, 6.45) is 6.25. The van der Waals surface area contributed by atoms with Gasteiger partial charge in [-0.05, 0) is 89.5 Å². The molecule has 2 aromatic heterocycles. The minimum Gasteiger partial charge on any atom is -0.459 e. The molecule has 3 N–H and O–H groups in total. The molecule has 5 atom stereocenters. The van der Waals surface area contributed by atoms with E-state index < -0.39 is 69.3 Å². The number of hydrogen-bond donors (Lipinski definition) is 3. The first-order valence-corrected chi connectivity index (χ1v) is 25.2. The number of hydrogen-bond acceptors (Lipinski definition) is 11. The third kappa shape index (κ3) is 10.9. The first-order chi connectivity index (χ1) is 31.2. The molecule has 66 heavy (non-hydrogen) atoms. The van der Waals surface area contributed by atoms with Crippen molar-refractivity contribution in [3.05, 3.63) is 76.8 Å². The van der Waals surface area contributed by atoms with Gasteiger partial charge in [-0.2, -0.15) is 17.7 Å². The summed E-state index contributed by atoms with van der Waals surface area (Å²) < 4.78 is 43.0. The standard InChI is InChI=1S/C48H64N8O8S2/c1-29(2)32-22-20-31(21-23-32)24-34-28-65-42(49-34)36-17-15-19-38-40(36)51-45(56(38)30(3)4)63-35-25-39-41(57)52-48(44(59)53-66(61,62)54(8)9)26-33(48)16-13-11-10-12-14-18-37(43(58)55(39)27-35)50-46(60)64-47(5,6)7/h13,15-17,19-23,28-30,33,35,37,39H,10-12,14,18,24-27H2,1-9H3,(H,50,60)(H,52,57)(H,53,59)/b16-13-/t33-,35-,37+,39+,48-/m1/s1. The first kappa shape index (κ1) is 48.6. The van der Waals surface area contributed by atoms with E-state index in [1.807, 2.05) is 48.8 Å². The Morgan fingerprint density at radius 3 is 2.45 bits per heavy atom. The van der Waals surface area contributed by atoms with E-state index in [0.29, 0.717) is 43.1 Å². The van der Waals surface area contributed by atoms with Gasteiger partial charge in [-0.3, -0.25) is 19.0 Å². The van der Waals surface area contributed by atoms with Gasteiger partial charge < -0.3 is 25.0 Å². The van der Waals surface area contributed by atoms with Crippen molar-refractivity contribution in [2.45, 2.75) is 141 Å². The van der Waals surface area contributed by atoms with Crippen LogP contribution in [0.2, 0.25) is 0 Å². The van der Waals surface area contributed by atoms with Crippen molar-refractivity contribution in [3.63, 3.8) is 0 Å². The molecule has 2 aromatic carbocycles. The zero-order valence-electron chi connectivity index (χ0n) is 39.4. The summed E-state index contributed by atoms with van der Waals surface area (Å²) in [6.45, 7) is 13.6. The Kier molecular flexibility index (Phi) is 14.3. The lowest BCUT2D eigenvalue weighted by Gasteiger charge is -2.30. The van der Waals surface area contributed by atoms with Crippen LogP contribution in [-0.2, 0) is 35.8 Å². The SMILES string of the molecule is CC(C)c1ccc(Cc2csc(-c3cccc4c3nc(O[C@@H]3C[C@H]5C(=O)N[C@]6(C(=O)NS(=O)(=O)N(C)C)C[C@H]6/C=C\CCCCC[C@H](NC(=O)OC(C)(C)C)C(=O)N5C3)n4C(C)C)n2)cc1. The number of amides is 4. The number of carbonyl (C=O) groups is 4. The summed E-state index contributed by atoms with van der Waals surface area (Å²) in [4.78, 5) is 68.0. The number of nitrogens with zero attached hydrogens (tertiary/aromatic N) is 5. The van der Waals surface area contributed by atoms with E-state index >= 15 is 0 Å². The Hall–Kier alpha value is -5.33. The van der Waals surface area contributed by atoms with Crippen molar-refractivity contribution in [2.24, 2.45) is 5.92 Å². The van der Waals surface area contributed by atoms with E-state index in [1.54, 1.807) is 32.1 Å². The van der Waals surface area contributed by atoms with Crippen LogP contribution in [0.5, 0.6) is 6.01 Å². The number of rotatable bonds is 11. The molecule has 1 aliphatic carbocycles. The number of allylic oxidation sites excluding steroid dienone is 1. The highest BCUT2D eigenvalue weighted by molar-refractivity contribution is 7.87. The Bertz CT molecular complexity index is 2580. The highest BCUT2D eigenvalue weighted by atomic mass is 32.2. The molecule has 0 radical (unpaired) electrons. The molecule has 1 saturated carbocycles. The molecule has 18 heteroatoms. The van der Waals surface area contributed by atoms with E-state index in [-0.39, 0.29) is 25.4 Å². The summed E-state index contributed by atoms with van der Waals surface area (Å²) in [5, 5.41) is 8.55. The second-order valence-electron chi connectivity index (χ2n) is 19.5. The Labute approximate surface area is 392 Å². The van der Waals surface area contributed by atoms with Crippen molar-refractivity contribution < 1.29 is 37.1 Å².